The molecule has 0 heterocycles. The zero-order chi connectivity index (χ0) is 16.1. The van der Waals surface area contributed by atoms with Crippen LogP contribution < -0.4 is 5.14 Å². The first kappa shape index (κ1) is 16.7. The Kier molecular flexibility index (Phi) is 5.71. The fourth-order valence-corrected chi connectivity index (χ4v) is 3.19. The van der Waals surface area contributed by atoms with Crippen LogP contribution in [0.2, 0.25) is 0 Å². The van der Waals surface area contributed by atoms with E-state index < -0.39 is 0 Å². The summed E-state index contributed by atoms with van der Waals surface area (Å²) in [5, 5.41) is 15.6. The van der Waals surface area contributed by atoms with Gasteiger partial charge in [-0.3, -0.25) is 9.93 Å². The van der Waals surface area contributed by atoms with E-state index in [1.54, 1.807) is 18.2 Å². The van der Waals surface area contributed by atoms with Crippen molar-refractivity contribution in [3.8, 4) is 0 Å². The molecule has 0 atom stereocenters. The molecule has 0 bridgehead atoms. The first-order chi connectivity index (χ1) is 10.5. The van der Waals surface area contributed by atoms with Gasteiger partial charge in [0.2, 0.25) is 0 Å². The van der Waals surface area contributed by atoms with E-state index in [0.717, 1.165) is 27.0 Å². The first-order valence-corrected chi connectivity index (χ1v) is 8.88. The molecule has 3 N–H and O–H groups in total. The van der Waals surface area contributed by atoms with E-state index in [9.17, 15) is 9.90 Å². The van der Waals surface area contributed by atoms with Crippen LogP contribution in [0, 0.1) is 13.8 Å². The smallest absolute Gasteiger partial charge is 0.190 e. The Morgan fingerprint density at radius 2 is 1.73 bits per heavy atom. The molecule has 2 rings (SSSR count). The third-order valence-electron chi connectivity index (χ3n) is 3.15. The van der Waals surface area contributed by atoms with Crippen LogP contribution >= 0.6 is 21.8 Å². The van der Waals surface area contributed by atoms with Gasteiger partial charge < -0.3 is 5.11 Å². The largest absolute Gasteiger partial charge is 0.507 e. The van der Waals surface area contributed by atoms with Crippen LogP contribution in [0.1, 0.15) is 27.0 Å². The summed E-state index contributed by atoms with van der Waals surface area (Å²) in [7, 11) is 2.42. The lowest BCUT2D eigenvalue weighted by atomic mass is 10.1. The normalized spacial score (nSPS) is 11.5. The molecule has 22 heavy (non-hydrogen) atoms. The van der Waals surface area contributed by atoms with Gasteiger partial charge in [0, 0.05) is 22.1 Å². The molecule has 0 unspecified atom stereocenters. The molecule has 0 radical (unpaired) electrons. The summed E-state index contributed by atoms with van der Waals surface area (Å²) in [6.45, 7) is 3.89. The molecule has 2 aromatic carbocycles. The number of rotatable bonds is 5. The van der Waals surface area contributed by atoms with Crippen LogP contribution in [-0.2, 0) is 0 Å². The first-order valence-electron chi connectivity index (χ1n) is 6.67. The molecule has 0 spiro atoms. The van der Waals surface area contributed by atoms with Gasteiger partial charge in [0.1, 0.15) is 5.76 Å². The van der Waals surface area contributed by atoms with E-state index >= 15 is 0 Å². The van der Waals surface area contributed by atoms with Crippen molar-refractivity contribution in [1.29, 1.82) is 0 Å². The second kappa shape index (κ2) is 7.54. The lowest BCUT2D eigenvalue weighted by Gasteiger charge is -2.07. The third kappa shape index (κ3) is 4.16. The quantitative estimate of drug-likeness (QED) is 0.273. The Balaban J connectivity index is 2.33. The Bertz CT molecular complexity index is 709. The Morgan fingerprint density at radius 1 is 1.09 bits per heavy atom. The van der Waals surface area contributed by atoms with Gasteiger partial charge in [0.15, 0.2) is 5.78 Å². The van der Waals surface area contributed by atoms with E-state index in [1.165, 1.54) is 16.9 Å². The highest BCUT2D eigenvalue weighted by atomic mass is 33.1. The highest BCUT2D eigenvalue weighted by molar-refractivity contribution is 8.75. The molecule has 0 aliphatic carbocycles. The van der Waals surface area contributed by atoms with Crippen molar-refractivity contribution in [2.45, 2.75) is 18.7 Å². The standard InChI is InChI=1S/C17H17NO2S2/c1-11-3-6-13(7-4-11)15(19)10-16(20)14-9-12(2)5-8-17(14)21-22-18/h3-10,19H,18H2,1-2H3/b15-10-. The Morgan fingerprint density at radius 3 is 2.36 bits per heavy atom. The van der Waals surface area contributed by atoms with Gasteiger partial charge >= 0.3 is 0 Å². The SMILES string of the molecule is Cc1ccc(/C(O)=C/C(=O)c2cc(C)ccc2SSN)cc1. The second-order valence-corrected chi connectivity index (χ2v) is 6.82. The maximum Gasteiger partial charge on any atom is 0.190 e. The van der Waals surface area contributed by atoms with Gasteiger partial charge in [-0.2, -0.15) is 0 Å². The van der Waals surface area contributed by atoms with Crippen molar-refractivity contribution in [3.63, 3.8) is 0 Å². The number of benzene rings is 2. The number of nitrogens with two attached hydrogens (primary N) is 1. The number of aliphatic hydroxyl groups is 1. The number of aliphatic hydroxyl groups excluding tert-OH is 1. The molecule has 5 heteroatoms. The van der Waals surface area contributed by atoms with E-state index in [1.807, 2.05) is 38.1 Å². The fraction of sp³-hybridized carbons (Fsp3) is 0.118. The molecular formula is C17H17NO2S2. The zero-order valence-corrected chi connectivity index (χ0v) is 14.0. The summed E-state index contributed by atoms with van der Waals surface area (Å²) in [5.41, 5.74) is 3.24. The van der Waals surface area contributed by atoms with Gasteiger partial charge in [-0.25, -0.2) is 0 Å². The van der Waals surface area contributed by atoms with Crippen LogP contribution in [-0.4, -0.2) is 10.9 Å². The molecule has 2 aromatic rings. The minimum absolute atomic E-state index is 0.0390. The molecule has 0 amide bonds. The number of allylic oxidation sites excluding steroid dienone is 1. The number of carbonyl (C=O) groups is 1. The van der Waals surface area contributed by atoms with E-state index in [4.69, 9.17) is 5.14 Å². The van der Waals surface area contributed by atoms with Crippen LogP contribution in [0.25, 0.3) is 5.76 Å². The third-order valence-corrected chi connectivity index (χ3v) is 4.61. The maximum absolute atomic E-state index is 12.4. The average molecular weight is 331 g/mol. The topological polar surface area (TPSA) is 63.3 Å². The zero-order valence-electron chi connectivity index (χ0n) is 12.4. The van der Waals surface area contributed by atoms with Crippen molar-refractivity contribution in [2.75, 3.05) is 0 Å². The van der Waals surface area contributed by atoms with Crippen molar-refractivity contribution in [2.24, 2.45) is 5.14 Å². The van der Waals surface area contributed by atoms with E-state index in [0.29, 0.717) is 11.1 Å². The fourth-order valence-electron chi connectivity index (χ4n) is 1.97. The van der Waals surface area contributed by atoms with Crippen LogP contribution in [0.4, 0.5) is 0 Å². The summed E-state index contributed by atoms with van der Waals surface area (Å²) >= 11 is 0. The number of aryl methyl sites for hydroxylation is 2. The van der Waals surface area contributed by atoms with E-state index in [2.05, 4.69) is 0 Å². The summed E-state index contributed by atoms with van der Waals surface area (Å²) in [6, 6.07) is 13.0. The van der Waals surface area contributed by atoms with Gasteiger partial charge in [-0.05, 0) is 47.8 Å². The monoisotopic (exact) mass is 331 g/mol. The lowest BCUT2D eigenvalue weighted by molar-refractivity contribution is 0.104. The number of hydrogen-bond acceptors (Lipinski definition) is 5. The molecule has 0 fully saturated rings. The van der Waals surface area contributed by atoms with Gasteiger partial charge in [0.25, 0.3) is 0 Å². The molecule has 0 aliphatic heterocycles. The minimum atomic E-state index is -0.238. The molecule has 3 nitrogen and oxygen atoms in total. The van der Waals surface area contributed by atoms with Crippen molar-refractivity contribution < 1.29 is 9.90 Å². The molecule has 114 valence electrons. The lowest BCUT2D eigenvalue weighted by Crippen LogP contribution is -2.00. The van der Waals surface area contributed by atoms with Gasteiger partial charge in [0.05, 0.1) is 0 Å². The minimum Gasteiger partial charge on any atom is -0.507 e. The molecular weight excluding hydrogens is 314 g/mol. The van der Waals surface area contributed by atoms with Crippen LogP contribution in [0.15, 0.2) is 53.4 Å². The maximum atomic E-state index is 12.4. The molecule has 0 aromatic heterocycles. The molecule has 0 saturated heterocycles. The summed E-state index contributed by atoms with van der Waals surface area (Å²) in [4.78, 5) is 13.2. The van der Waals surface area contributed by atoms with Crippen molar-refractivity contribution in [3.05, 3.63) is 70.8 Å². The predicted molar refractivity (Wildman–Crippen MR) is 94.9 cm³/mol. The average Bonchev–Trinajstić information content (AvgIpc) is 2.49. The summed E-state index contributed by atoms with van der Waals surface area (Å²) < 4.78 is 0. The number of ketones is 1. The van der Waals surface area contributed by atoms with Gasteiger partial charge in [-0.1, -0.05) is 41.5 Å². The summed E-state index contributed by atoms with van der Waals surface area (Å²) in [5.74, 6) is -0.277. The highest BCUT2D eigenvalue weighted by Gasteiger charge is 2.12. The second-order valence-electron chi connectivity index (χ2n) is 4.94. The predicted octanol–water partition coefficient (Wildman–Crippen LogP) is 4.70. The van der Waals surface area contributed by atoms with Crippen LogP contribution in [0.5, 0.6) is 0 Å². The number of carbonyl (C=O) groups excluding carboxylic acids is 1. The Labute approximate surface area is 138 Å². The van der Waals surface area contributed by atoms with Crippen LogP contribution in [0.3, 0.4) is 0 Å². The van der Waals surface area contributed by atoms with Crippen molar-refractivity contribution >= 4 is 33.3 Å². The van der Waals surface area contributed by atoms with E-state index in [-0.39, 0.29) is 11.5 Å². The number of hydrogen-bond donors (Lipinski definition) is 2. The van der Waals surface area contributed by atoms with Gasteiger partial charge in [-0.15, -0.1) is 0 Å². The molecule has 0 aliphatic rings. The molecule has 0 saturated carbocycles. The summed E-state index contributed by atoms with van der Waals surface area (Å²) in [6.07, 6.45) is 1.25. The Hall–Kier alpha value is -1.69. The highest BCUT2D eigenvalue weighted by Crippen LogP contribution is 2.31. The van der Waals surface area contributed by atoms with Crippen molar-refractivity contribution in [1.82, 2.24) is 0 Å².